The molecular weight excluding hydrogens is 238 g/mol. The van der Waals surface area contributed by atoms with Crippen molar-refractivity contribution >= 4 is 0 Å². The van der Waals surface area contributed by atoms with E-state index in [0.717, 1.165) is 39.3 Å². The minimum absolute atomic E-state index is 0.365. The zero-order valence-corrected chi connectivity index (χ0v) is 11.8. The molecule has 0 bridgehead atoms. The summed E-state index contributed by atoms with van der Waals surface area (Å²) in [5.74, 6) is 0. The Hall–Kier alpha value is -0.940. The van der Waals surface area contributed by atoms with Gasteiger partial charge >= 0.3 is 0 Å². The molecule has 4 nitrogen and oxygen atoms in total. The smallest absolute Gasteiger partial charge is 0.0630 e. The Morgan fingerprint density at radius 1 is 1.16 bits per heavy atom. The first kappa shape index (κ1) is 14.5. The Bertz CT molecular complexity index is 350. The highest BCUT2D eigenvalue weighted by atomic mass is 16.5. The summed E-state index contributed by atoms with van der Waals surface area (Å²) in [6, 6.07) is 11.0. The molecule has 0 radical (unpaired) electrons. The summed E-state index contributed by atoms with van der Waals surface area (Å²) in [5, 5.41) is 0. The molecule has 2 rings (SSSR count). The third-order valence-corrected chi connectivity index (χ3v) is 3.80. The highest BCUT2D eigenvalue weighted by Crippen LogP contribution is 2.10. The van der Waals surface area contributed by atoms with Gasteiger partial charge in [-0.1, -0.05) is 30.3 Å². The Balaban J connectivity index is 1.79. The number of ether oxygens (including phenoxy) is 1. The topological polar surface area (TPSA) is 41.7 Å². The van der Waals surface area contributed by atoms with Crippen LogP contribution in [0.4, 0.5) is 0 Å². The number of rotatable bonds is 6. The largest absolute Gasteiger partial charge is 0.383 e. The lowest BCUT2D eigenvalue weighted by molar-refractivity contribution is 0.0509. The van der Waals surface area contributed by atoms with Gasteiger partial charge in [-0.15, -0.1) is 0 Å². The van der Waals surface area contributed by atoms with Gasteiger partial charge in [-0.25, -0.2) is 0 Å². The van der Waals surface area contributed by atoms with Gasteiger partial charge in [-0.2, -0.15) is 0 Å². The second kappa shape index (κ2) is 7.60. The molecule has 1 aliphatic rings. The summed E-state index contributed by atoms with van der Waals surface area (Å²) in [6.45, 7) is 6.83. The van der Waals surface area contributed by atoms with Crippen LogP contribution in [-0.4, -0.2) is 62.3 Å². The van der Waals surface area contributed by atoms with Crippen LogP contribution in [0, 0.1) is 0 Å². The van der Waals surface area contributed by atoms with Crippen molar-refractivity contribution in [2.45, 2.75) is 12.6 Å². The van der Waals surface area contributed by atoms with Gasteiger partial charge in [0.1, 0.15) is 0 Å². The van der Waals surface area contributed by atoms with E-state index in [4.69, 9.17) is 10.5 Å². The van der Waals surface area contributed by atoms with Crippen LogP contribution in [0.25, 0.3) is 0 Å². The van der Waals surface area contributed by atoms with Crippen molar-refractivity contribution in [3.63, 3.8) is 0 Å². The van der Waals surface area contributed by atoms with Gasteiger partial charge in [0.05, 0.1) is 6.61 Å². The third-order valence-electron chi connectivity index (χ3n) is 3.80. The number of benzene rings is 1. The number of hydrogen-bond donors (Lipinski definition) is 1. The lowest BCUT2D eigenvalue weighted by atomic mass is 10.1. The first-order valence-electron chi connectivity index (χ1n) is 7.03. The Labute approximate surface area is 116 Å². The molecule has 0 spiro atoms. The molecule has 1 atom stereocenters. The van der Waals surface area contributed by atoms with Crippen molar-refractivity contribution in [3.8, 4) is 0 Å². The standard InChI is InChI=1S/C15H25N3O/c1-19-13-15(11-16)18-9-7-17(8-10-18)12-14-5-3-2-4-6-14/h2-6,15H,7-13,16H2,1H3. The molecule has 1 aliphatic heterocycles. The minimum Gasteiger partial charge on any atom is -0.383 e. The van der Waals surface area contributed by atoms with Crippen molar-refractivity contribution in [1.82, 2.24) is 9.80 Å². The Morgan fingerprint density at radius 3 is 2.42 bits per heavy atom. The van der Waals surface area contributed by atoms with E-state index in [1.165, 1.54) is 5.56 Å². The van der Waals surface area contributed by atoms with Gasteiger partial charge in [-0.05, 0) is 5.56 Å². The summed E-state index contributed by atoms with van der Waals surface area (Å²) in [7, 11) is 1.74. The van der Waals surface area contributed by atoms with Crippen molar-refractivity contribution < 1.29 is 4.74 Å². The fourth-order valence-electron chi connectivity index (χ4n) is 2.64. The summed E-state index contributed by atoms with van der Waals surface area (Å²) >= 11 is 0. The van der Waals surface area contributed by atoms with Crippen molar-refractivity contribution in [1.29, 1.82) is 0 Å². The molecule has 0 amide bonds. The maximum atomic E-state index is 5.81. The molecule has 1 aromatic rings. The molecular formula is C15H25N3O. The lowest BCUT2D eigenvalue weighted by Gasteiger charge is -2.38. The first-order chi connectivity index (χ1) is 9.33. The van der Waals surface area contributed by atoms with Crippen molar-refractivity contribution in [2.75, 3.05) is 46.4 Å². The molecule has 0 saturated carbocycles. The maximum Gasteiger partial charge on any atom is 0.0630 e. The highest BCUT2D eigenvalue weighted by Gasteiger charge is 2.22. The average Bonchev–Trinajstić information content (AvgIpc) is 2.47. The predicted molar refractivity (Wildman–Crippen MR) is 78.0 cm³/mol. The zero-order chi connectivity index (χ0) is 13.5. The van der Waals surface area contributed by atoms with Gasteiger partial charge in [0.25, 0.3) is 0 Å². The number of methoxy groups -OCH3 is 1. The van der Waals surface area contributed by atoms with Crippen LogP contribution in [-0.2, 0) is 11.3 Å². The van der Waals surface area contributed by atoms with Crippen molar-refractivity contribution in [2.24, 2.45) is 5.73 Å². The van der Waals surface area contributed by atoms with Gasteiger partial charge in [-0.3, -0.25) is 9.80 Å². The fourth-order valence-corrected chi connectivity index (χ4v) is 2.64. The van der Waals surface area contributed by atoms with Crippen LogP contribution < -0.4 is 5.73 Å². The number of nitrogens with zero attached hydrogens (tertiary/aromatic N) is 2. The molecule has 1 unspecified atom stereocenters. The molecule has 19 heavy (non-hydrogen) atoms. The molecule has 4 heteroatoms. The normalized spacial score (nSPS) is 19.5. The SMILES string of the molecule is COCC(CN)N1CCN(Cc2ccccc2)CC1. The second-order valence-corrected chi connectivity index (χ2v) is 5.14. The lowest BCUT2D eigenvalue weighted by Crippen LogP contribution is -2.53. The van der Waals surface area contributed by atoms with Gasteiger partial charge in [0, 0.05) is 52.4 Å². The van der Waals surface area contributed by atoms with E-state index in [0.29, 0.717) is 12.6 Å². The quantitative estimate of drug-likeness (QED) is 0.823. The second-order valence-electron chi connectivity index (χ2n) is 5.14. The van der Waals surface area contributed by atoms with Gasteiger partial charge < -0.3 is 10.5 Å². The Morgan fingerprint density at radius 2 is 1.84 bits per heavy atom. The number of hydrogen-bond acceptors (Lipinski definition) is 4. The van der Waals surface area contributed by atoms with E-state index in [2.05, 4.69) is 40.1 Å². The molecule has 1 heterocycles. The van der Waals surface area contributed by atoms with Crippen LogP contribution >= 0.6 is 0 Å². The van der Waals surface area contributed by atoms with E-state index in [9.17, 15) is 0 Å². The van der Waals surface area contributed by atoms with E-state index in [-0.39, 0.29) is 0 Å². The number of piperazine rings is 1. The predicted octanol–water partition coefficient (Wildman–Crippen LogP) is 0.778. The van der Waals surface area contributed by atoms with Gasteiger partial charge in [0.2, 0.25) is 0 Å². The molecule has 0 aromatic heterocycles. The summed E-state index contributed by atoms with van der Waals surface area (Å²) in [5.41, 5.74) is 7.20. The van der Waals surface area contributed by atoms with E-state index >= 15 is 0 Å². The van der Waals surface area contributed by atoms with Crippen molar-refractivity contribution in [3.05, 3.63) is 35.9 Å². The van der Waals surface area contributed by atoms with E-state index < -0.39 is 0 Å². The van der Waals surface area contributed by atoms with Crippen LogP contribution in [0.3, 0.4) is 0 Å². The molecule has 2 N–H and O–H groups in total. The minimum atomic E-state index is 0.365. The molecule has 1 saturated heterocycles. The third kappa shape index (κ3) is 4.28. The summed E-state index contributed by atoms with van der Waals surface area (Å²) in [4.78, 5) is 4.96. The zero-order valence-electron chi connectivity index (χ0n) is 11.8. The summed E-state index contributed by atoms with van der Waals surface area (Å²) < 4.78 is 5.24. The van der Waals surface area contributed by atoms with Crippen LogP contribution in [0.2, 0.25) is 0 Å². The fraction of sp³-hybridized carbons (Fsp3) is 0.600. The monoisotopic (exact) mass is 263 g/mol. The van der Waals surface area contributed by atoms with Crippen LogP contribution in [0.15, 0.2) is 30.3 Å². The summed E-state index contributed by atoms with van der Waals surface area (Å²) in [6.07, 6.45) is 0. The molecule has 1 fully saturated rings. The average molecular weight is 263 g/mol. The molecule has 1 aromatic carbocycles. The number of nitrogens with two attached hydrogens (primary N) is 1. The van der Waals surface area contributed by atoms with Gasteiger partial charge in [0.15, 0.2) is 0 Å². The van der Waals surface area contributed by atoms with E-state index in [1.54, 1.807) is 7.11 Å². The molecule has 0 aliphatic carbocycles. The maximum absolute atomic E-state index is 5.81. The van der Waals surface area contributed by atoms with E-state index in [1.807, 2.05) is 0 Å². The van der Waals surface area contributed by atoms with Crippen LogP contribution in [0.5, 0.6) is 0 Å². The Kier molecular flexibility index (Phi) is 5.79. The van der Waals surface area contributed by atoms with Crippen LogP contribution in [0.1, 0.15) is 5.56 Å². The highest BCUT2D eigenvalue weighted by molar-refractivity contribution is 5.14. The molecule has 106 valence electrons. The first-order valence-corrected chi connectivity index (χ1v) is 7.03.